The van der Waals surface area contributed by atoms with E-state index in [-0.39, 0.29) is 0 Å². The molecule has 0 heterocycles. The van der Waals surface area contributed by atoms with Gasteiger partial charge < -0.3 is 5.73 Å². The molecule has 2 nitrogen and oxygen atoms in total. The molecule has 2 atom stereocenters. The Morgan fingerprint density at radius 2 is 2.33 bits per heavy atom. The quantitative estimate of drug-likeness (QED) is 0.622. The zero-order valence-electron chi connectivity index (χ0n) is 7.79. The maximum atomic E-state index is 5.63. The highest BCUT2D eigenvalue weighted by Gasteiger charge is 2.33. The minimum atomic E-state index is 0.663. The van der Waals surface area contributed by atoms with Crippen LogP contribution in [-0.4, -0.2) is 30.6 Å². The second kappa shape index (κ2) is 4.49. The summed E-state index contributed by atoms with van der Waals surface area (Å²) in [6, 6.07) is 0.663. The van der Waals surface area contributed by atoms with E-state index in [4.69, 9.17) is 12.2 Å². The average molecular weight is 166 g/mol. The molecular weight excluding hydrogens is 148 g/mol. The van der Waals surface area contributed by atoms with E-state index in [1.54, 1.807) is 0 Å². The summed E-state index contributed by atoms with van der Waals surface area (Å²) in [6.45, 7) is 4.79. The van der Waals surface area contributed by atoms with Crippen LogP contribution in [0.2, 0.25) is 0 Å². The van der Waals surface area contributed by atoms with Gasteiger partial charge in [-0.05, 0) is 31.8 Å². The van der Waals surface area contributed by atoms with Crippen LogP contribution in [0.3, 0.4) is 0 Å². The molecule has 2 heteroatoms. The van der Waals surface area contributed by atoms with Crippen molar-refractivity contribution >= 4 is 0 Å². The van der Waals surface area contributed by atoms with Crippen LogP contribution >= 0.6 is 0 Å². The molecular formula is C10H18N2. The Hall–Kier alpha value is -0.520. The van der Waals surface area contributed by atoms with E-state index in [9.17, 15) is 0 Å². The molecule has 0 saturated heterocycles. The number of hydrogen-bond donors (Lipinski definition) is 1. The molecule has 0 spiro atoms. The lowest BCUT2D eigenvalue weighted by atomic mass is 9.78. The van der Waals surface area contributed by atoms with Gasteiger partial charge in [0.15, 0.2) is 0 Å². The SMILES string of the molecule is C#CCN(CC)C1CCC1CN. The number of nitrogens with two attached hydrogens (primary N) is 1. The van der Waals surface area contributed by atoms with E-state index in [1.807, 2.05) is 0 Å². The van der Waals surface area contributed by atoms with Crippen LogP contribution in [0, 0.1) is 18.3 Å². The van der Waals surface area contributed by atoms with Crippen molar-refractivity contribution in [2.24, 2.45) is 11.7 Å². The first kappa shape index (κ1) is 9.57. The number of rotatable bonds is 4. The molecule has 1 aliphatic carbocycles. The Kier molecular flexibility index (Phi) is 3.58. The standard InChI is InChI=1S/C10H18N2/c1-3-7-12(4-2)10-6-5-9(10)8-11/h1,9-10H,4-8,11H2,2H3. The summed E-state index contributed by atoms with van der Waals surface area (Å²) in [6.07, 6.45) is 7.84. The van der Waals surface area contributed by atoms with Gasteiger partial charge in [0.2, 0.25) is 0 Å². The van der Waals surface area contributed by atoms with Gasteiger partial charge in [-0.2, -0.15) is 0 Å². The molecule has 1 saturated carbocycles. The molecule has 2 N–H and O–H groups in total. The third kappa shape index (κ3) is 1.80. The molecule has 0 aliphatic heterocycles. The second-order valence-corrected chi connectivity index (χ2v) is 3.41. The predicted octanol–water partition coefficient (Wildman–Crippen LogP) is 0.679. The summed E-state index contributed by atoms with van der Waals surface area (Å²) in [4.78, 5) is 2.35. The molecule has 1 rings (SSSR count). The highest BCUT2D eigenvalue weighted by Crippen LogP contribution is 2.30. The molecule has 0 aromatic carbocycles. The van der Waals surface area contributed by atoms with E-state index in [1.165, 1.54) is 12.8 Å². The van der Waals surface area contributed by atoms with Crippen LogP contribution in [0.15, 0.2) is 0 Å². The van der Waals surface area contributed by atoms with Gasteiger partial charge in [-0.15, -0.1) is 6.42 Å². The van der Waals surface area contributed by atoms with E-state index in [0.29, 0.717) is 12.0 Å². The Balaban J connectivity index is 2.39. The molecule has 0 aromatic rings. The number of terminal acetylenes is 1. The maximum absolute atomic E-state index is 5.63. The van der Waals surface area contributed by atoms with Gasteiger partial charge in [0.25, 0.3) is 0 Å². The van der Waals surface area contributed by atoms with Crippen molar-refractivity contribution in [2.75, 3.05) is 19.6 Å². The second-order valence-electron chi connectivity index (χ2n) is 3.41. The Morgan fingerprint density at radius 1 is 1.58 bits per heavy atom. The first-order chi connectivity index (χ1) is 5.83. The Labute approximate surface area is 75.1 Å². The molecule has 1 fully saturated rings. The maximum Gasteiger partial charge on any atom is 0.0601 e. The van der Waals surface area contributed by atoms with Crippen molar-refractivity contribution in [1.82, 2.24) is 4.90 Å². The average Bonchev–Trinajstić information content (AvgIpc) is 2.02. The normalized spacial score (nSPS) is 28.2. The smallest absolute Gasteiger partial charge is 0.0601 e. The number of nitrogens with zero attached hydrogens (tertiary/aromatic N) is 1. The van der Waals surface area contributed by atoms with Crippen LogP contribution in [0.5, 0.6) is 0 Å². The van der Waals surface area contributed by atoms with Gasteiger partial charge in [0, 0.05) is 6.04 Å². The van der Waals surface area contributed by atoms with E-state index < -0.39 is 0 Å². The molecule has 2 unspecified atom stereocenters. The molecule has 12 heavy (non-hydrogen) atoms. The minimum Gasteiger partial charge on any atom is -0.330 e. The van der Waals surface area contributed by atoms with Crippen LogP contribution < -0.4 is 5.73 Å². The van der Waals surface area contributed by atoms with Crippen LogP contribution in [0.4, 0.5) is 0 Å². The van der Waals surface area contributed by atoms with Gasteiger partial charge in [-0.25, -0.2) is 0 Å². The molecule has 0 radical (unpaired) electrons. The lowest BCUT2D eigenvalue weighted by molar-refractivity contribution is 0.0832. The summed E-state index contributed by atoms with van der Waals surface area (Å²) in [5, 5.41) is 0. The molecule has 1 aliphatic rings. The van der Waals surface area contributed by atoms with Crippen LogP contribution in [-0.2, 0) is 0 Å². The predicted molar refractivity (Wildman–Crippen MR) is 51.6 cm³/mol. The van der Waals surface area contributed by atoms with E-state index >= 15 is 0 Å². The third-order valence-corrected chi connectivity index (χ3v) is 2.85. The van der Waals surface area contributed by atoms with Crippen molar-refractivity contribution in [3.63, 3.8) is 0 Å². The van der Waals surface area contributed by atoms with Crippen molar-refractivity contribution in [2.45, 2.75) is 25.8 Å². The van der Waals surface area contributed by atoms with E-state index in [0.717, 1.165) is 19.6 Å². The van der Waals surface area contributed by atoms with Crippen molar-refractivity contribution in [3.8, 4) is 12.3 Å². The first-order valence-electron chi connectivity index (χ1n) is 4.71. The Morgan fingerprint density at radius 3 is 2.67 bits per heavy atom. The summed E-state index contributed by atoms with van der Waals surface area (Å²) in [5.74, 6) is 3.39. The highest BCUT2D eigenvalue weighted by atomic mass is 15.2. The van der Waals surface area contributed by atoms with Crippen molar-refractivity contribution in [1.29, 1.82) is 0 Å². The fourth-order valence-corrected chi connectivity index (χ4v) is 1.89. The topological polar surface area (TPSA) is 29.3 Å². The summed E-state index contributed by atoms with van der Waals surface area (Å²) >= 11 is 0. The van der Waals surface area contributed by atoms with E-state index in [2.05, 4.69) is 17.7 Å². The zero-order valence-corrected chi connectivity index (χ0v) is 7.79. The zero-order chi connectivity index (χ0) is 8.97. The van der Waals surface area contributed by atoms with Crippen molar-refractivity contribution < 1.29 is 0 Å². The summed E-state index contributed by atoms with van der Waals surface area (Å²) in [7, 11) is 0. The highest BCUT2D eigenvalue weighted by molar-refractivity contribution is 4.95. The van der Waals surface area contributed by atoms with Crippen LogP contribution in [0.25, 0.3) is 0 Å². The lowest BCUT2D eigenvalue weighted by Gasteiger charge is -2.42. The summed E-state index contributed by atoms with van der Waals surface area (Å²) < 4.78 is 0. The fourth-order valence-electron chi connectivity index (χ4n) is 1.89. The summed E-state index contributed by atoms with van der Waals surface area (Å²) in [5.41, 5.74) is 5.63. The van der Waals surface area contributed by atoms with Crippen LogP contribution in [0.1, 0.15) is 19.8 Å². The molecule has 0 amide bonds. The van der Waals surface area contributed by atoms with Gasteiger partial charge in [0.1, 0.15) is 0 Å². The Bertz CT molecular complexity index is 169. The van der Waals surface area contributed by atoms with Gasteiger partial charge in [-0.1, -0.05) is 12.8 Å². The third-order valence-electron chi connectivity index (χ3n) is 2.85. The van der Waals surface area contributed by atoms with Gasteiger partial charge in [-0.3, -0.25) is 4.90 Å². The van der Waals surface area contributed by atoms with Gasteiger partial charge in [0.05, 0.1) is 6.54 Å². The monoisotopic (exact) mass is 166 g/mol. The largest absolute Gasteiger partial charge is 0.330 e. The fraction of sp³-hybridized carbons (Fsp3) is 0.800. The molecule has 0 aromatic heterocycles. The first-order valence-corrected chi connectivity index (χ1v) is 4.71. The lowest BCUT2D eigenvalue weighted by Crippen LogP contribution is -2.49. The molecule has 68 valence electrons. The van der Waals surface area contributed by atoms with Crippen molar-refractivity contribution in [3.05, 3.63) is 0 Å². The number of hydrogen-bond acceptors (Lipinski definition) is 2. The minimum absolute atomic E-state index is 0.663. The molecule has 0 bridgehead atoms. The van der Waals surface area contributed by atoms with Gasteiger partial charge >= 0.3 is 0 Å².